The van der Waals surface area contributed by atoms with Crippen LogP contribution in [0, 0.1) is 22.7 Å². The monoisotopic (exact) mass is 212 g/mol. The predicted octanol–water partition coefficient (Wildman–Crippen LogP) is 2.96. The Morgan fingerprint density at radius 3 is 2.08 bits per heavy atom. The van der Waals surface area contributed by atoms with Crippen LogP contribution in [0.25, 0.3) is 0 Å². The third-order valence-electron chi connectivity index (χ3n) is 1.05. The van der Waals surface area contributed by atoms with Crippen molar-refractivity contribution < 1.29 is 0 Å². The molecule has 0 aromatic heterocycles. The van der Waals surface area contributed by atoms with Gasteiger partial charge in [0.2, 0.25) is 0 Å². The predicted molar refractivity (Wildman–Crippen MR) is 52.5 cm³/mol. The number of nitriles is 2. The molecule has 0 aliphatic heterocycles. The maximum atomic E-state index is 8.38. The number of rotatable bonds is 0. The molecule has 0 heterocycles. The first-order chi connectivity index (χ1) is 6.26. The minimum atomic E-state index is 0.0972. The summed E-state index contributed by atoms with van der Waals surface area (Å²) in [5, 5.41) is 16.4. The summed E-state index contributed by atoms with van der Waals surface area (Å²) in [6.07, 6.45) is 0. The summed E-state index contributed by atoms with van der Waals surface area (Å²) >= 11 is 10.4. The first-order valence-corrected chi connectivity index (χ1v) is 4.25. The zero-order valence-corrected chi connectivity index (χ0v) is 8.18. The first kappa shape index (κ1) is 11.8. The zero-order valence-electron chi connectivity index (χ0n) is 6.67. The number of alkyl halides is 1. The SMILES string of the molecule is N#CCCl.N#Cc1ccccc1Cl. The van der Waals surface area contributed by atoms with E-state index in [9.17, 15) is 0 Å². The van der Waals surface area contributed by atoms with E-state index in [1.807, 2.05) is 6.07 Å². The largest absolute Gasteiger partial charge is 0.197 e. The molecule has 0 N–H and O–H groups in total. The van der Waals surface area contributed by atoms with Crippen molar-refractivity contribution in [2.45, 2.75) is 0 Å². The van der Waals surface area contributed by atoms with Crippen molar-refractivity contribution in [2.24, 2.45) is 0 Å². The van der Waals surface area contributed by atoms with E-state index in [2.05, 4.69) is 0 Å². The number of hydrogen-bond donors (Lipinski definition) is 0. The van der Waals surface area contributed by atoms with Crippen molar-refractivity contribution in [3.05, 3.63) is 34.9 Å². The average molecular weight is 213 g/mol. The second kappa shape index (κ2) is 7.43. The molecule has 0 unspecified atom stereocenters. The molecule has 1 aromatic carbocycles. The second-order valence-electron chi connectivity index (χ2n) is 1.88. The molecule has 1 aromatic rings. The van der Waals surface area contributed by atoms with Crippen LogP contribution in [0.2, 0.25) is 5.02 Å². The molecule has 0 amide bonds. The van der Waals surface area contributed by atoms with Gasteiger partial charge < -0.3 is 0 Å². The van der Waals surface area contributed by atoms with Gasteiger partial charge in [0.05, 0.1) is 16.7 Å². The molecular weight excluding hydrogens is 207 g/mol. The van der Waals surface area contributed by atoms with Gasteiger partial charge in [-0.15, -0.1) is 11.6 Å². The fourth-order valence-corrected chi connectivity index (χ4v) is 0.730. The summed E-state index contributed by atoms with van der Waals surface area (Å²) in [7, 11) is 0. The van der Waals surface area contributed by atoms with E-state index in [1.54, 1.807) is 30.3 Å². The lowest BCUT2D eigenvalue weighted by Gasteiger charge is -1.88. The number of benzene rings is 1. The molecule has 1 rings (SSSR count). The fraction of sp³-hybridized carbons (Fsp3) is 0.111. The first-order valence-electron chi connectivity index (χ1n) is 3.33. The summed E-state index contributed by atoms with van der Waals surface area (Å²) < 4.78 is 0. The van der Waals surface area contributed by atoms with Crippen molar-refractivity contribution in [1.82, 2.24) is 0 Å². The van der Waals surface area contributed by atoms with Gasteiger partial charge in [0, 0.05) is 0 Å². The van der Waals surface area contributed by atoms with E-state index < -0.39 is 0 Å². The van der Waals surface area contributed by atoms with Crippen LogP contribution in [0.1, 0.15) is 5.56 Å². The Morgan fingerprint density at radius 1 is 1.23 bits per heavy atom. The summed E-state index contributed by atoms with van der Waals surface area (Å²) in [6.45, 7) is 0. The van der Waals surface area contributed by atoms with Crippen LogP contribution in [0.4, 0.5) is 0 Å². The molecule has 0 spiro atoms. The van der Waals surface area contributed by atoms with Crippen LogP contribution in [-0.2, 0) is 0 Å². The quantitative estimate of drug-likeness (QED) is 0.622. The highest BCUT2D eigenvalue weighted by molar-refractivity contribution is 6.31. The van der Waals surface area contributed by atoms with Gasteiger partial charge >= 0.3 is 0 Å². The summed E-state index contributed by atoms with van der Waals surface area (Å²) in [4.78, 5) is 0. The lowest BCUT2D eigenvalue weighted by molar-refractivity contribution is 1.48. The molecule has 0 atom stereocenters. The molecule has 0 fully saturated rings. The molecule has 0 saturated heterocycles. The van der Waals surface area contributed by atoms with Crippen molar-refractivity contribution in [2.75, 3.05) is 5.88 Å². The van der Waals surface area contributed by atoms with Gasteiger partial charge in [-0.05, 0) is 12.1 Å². The van der Waals surface area contributed by atoms with E-state index in [4.69, 9.17) is 33.7 Å². The molecular formula is C9H6Cl2N2. The number of hydrogen-bond acceptors (Lipinski definition) is 2. The van der Waals surface area contributed by atoms with Crippen molar-refractivity contribution >= 4 is 23.2 Å². The molecule has 0 radical (unpaired) electrons. The normalized spacial score (nSPS) is 7.38. The molecule has 4 heteroatoms. The Kier molecular flexibility index (Phi) is 6.73. The molecule has 13 heavy (non-hydrogen) atoms. The van der Waals surface area contributed by atoms with Gasteiger partial charge in [-0.1, -0.05) is 23.7 Å². The van der Waals surface area contributed by atoms with Gasteiger partial charge in [0.1, 0.15) is 11.9 Å². The van der Waals surface area contributed by atoms with Gasteiger partial charge in [-0.2, -0.15) is 10.5 Å². The van der Waals surface area contributed by atoms with E-state index in [0.29, 0.717) is 10.6 Å². The number of nitrogens with zero attached hydrogens (tertiary/aromatic N) is 2. The molecule has 2 nitrogen and oxygen atoms in total. The molecule has 0 saturated carbocycles. The van der Waals surface area contributed by atoms with E-state index in [0.717, 1.165) is 0 Å². The van der Waals surface area contributed by atoms with E-state index >= 15 is 0 Å². The number of halogens is 2. The highest BCUT2D eigenvalue weighted by Gasteiger charge is 1.92. The Hall–Kier alpha value is -1.22. The average Bonchev–Trinajstić information content (AvgIpc) is 2.19. The van der Waals surface area contributed by atoms with Crippen LogP contribution in [-0.4, -0.2) is 5.88 Å². The van der Waals surface area contributed by atoms with Crippen LogP contribution < -0.4 is 0 Å². The standard InChI is InChI=1S/C7H4ClN.C2H2ClN/c8-7-4-2-1-3-6(7)5-9;3-1-2-4/h1-4H;1H2. The van der Waals surface area contributed by atoms with Gasteiger partial charge in [-0.25, -0.2) is 0 Å². The topological polar surface area (TPSA) is 47.6 Å². The lowest BCUT2D eigenvalue weighted by atomic mass is 10.2. The van der Waals surface area contributed by atoms with Crippen LogP contribution in [0.15, 0.2) is 24.3 Å². The van der Waals surface area contributed by atoms with Crippen molar-refractivity contribution in [3.63, 3.8) is 0 Å². The minimum Gasteiger partial charge on any atom is -0.197 e. The second-order valence-corrected chi connectivity index (χ2v) is 2.56. The Balaban J connectivity index is 0.000000310. The maximum absolute atomic E-state index is 8.38. The molecule has 66 valence electrons. The third kappa shape index (κ3) is 5.09. The Labute approximate surface area is 86.9 Å². The Bertz CT molecular complexity index is 336. The van der Waals surface area contributed by atoms with Crippen molar-refractivity contribution in [3.8, 4) is 12.1 Å². The van der Waals surface area contributed by atoms with Crippen LogP contribution in [0.5, 0.6) is 0 Å². The van der Waals surface area contributed by atoms with E-state index in [1.165, 1.54) is 0 Å². The summed E-state index contributed by atoms with van der Waals surface area (Å²) in [6, 6.07) is 10.6. The molecule has 0 aliphatic carbocycles. The summed E-state index contributed by atoms with van der Waals surface area (Å²) in [5.74, 6) is 0.0972. The fourth-order valence-electron chi connectivity index (χ4n) is 0.552. The zero-order chi connectivity index (χ0) is 10.1. The van der Waals surface area contributed by atoms with Crippen LogP contribution >= 0.6 is 23.2 Å². The van der Waals surface area contributed by atoms with Gasteiger partial charge in [0.25, 0.3) is 0 Å². The summed E-state index contributed by atoms with van der Waals surface area (Å²) in [5.41, 5.74) is 0.527. The van der Waals surface area contributed by atoms with E-state index in [-0.39, 0.29) is 5.88 Å². The molecule has 0 bridgehead atoms. The lowest BCUT2D eigenvalue weighted by Crippen LogP contribution is -1.71. The highest BCUT2D eigenvalue weighted by atomic mass is 35.5. The van der Waals surface area contributed by atoms with Crippen LogP contribution in [0.3, 0.4) is 0 Å². The maximum Gasteiger partial charge on any atom is 0.109 e. The highest BCUT2D eigenvalue weighted by Crippen LogP contribution is 2.12. The molecule has 0 aliphatic rings. The van der Waals surface area contributed by atoms with Crippen molar-refractivity contribution in [1.29, 1.82) is 10.5 Å². The smallest absolute Gasteiger partial charge is 0.109 e. The van der Waals surface area contributed by atoms with Gasteiger partial charge in [-0.3, -0.25) is 0 Å². The van der Waals surface area contributed by atoms with Gasteiger partial charge in [0.15, 0.2) is 0 Å². The Morgan fingerprint density at radius 2 is 1.77 bits per heavy atom. The third-order valence-corrected chi connectivity index (χ3v) is 1.50. The minimum absolute atomic E-state index is 0.0972.